The Bertz CT molecular complexity index is 840. The number of aryl methyl sites for hydroxylation is 1. The normalized spacial score (nSPS) is 10.0. The summed E-state index contributed by atoms with van der Waals surface area (Å²) in [6.07, 6.45) is 1.45. The van der Waals surface area contributed by atoms with E-state index in [2.05, 4.69) is 16.8 Å². The van der Waals surface area contributed by atoms with Gasteiger partial charge < -0.3 is 5.11 Å². The molecule has 21 heavy (non-hydrogen) atoms. The minimum atomic E-state index is -0.530. The van der Waals surface area contributed by atoms with Gasteiger partial charge in [0, 0.05) is 11.8 Å². The molecule has 0 aliphatic rings. The molecule has 0 aliphatic carbocycles. The monoisotopic (exact) mass is 288 g/mol. The summed E-state index contributed by atoms with van der Waals surface area (Å²) in [5, 5.41) is 8.64. The first kappa shape index (κ1) is 14.8. The molecule has 0 unspecified atom stereocenters. The Balaban J connectivity index is 2.39. The van der Waals surface area contributed by atoms with Crippen molar-refractivity contribution in [3.8, 4) is 11.8 Å². The SMILES string of the molecule is Cc1cn(Cc2ccc(F)c(C#CCO)c2)c(=O)[nH]c1=O. The minimum absolute atomic E-state index is 0.149. The summed E-state index contributed by atoms with van der Waals surface area (Å²) in [6, 6.07) is 4.29. The second kappa shape index (κ2) is 6.20. The number of benzene rings is 1. The van der Waals surface area contributed by atoms with E-state index < -0.39 is 17.1 Å². The van der Waals surface area contributed by atoms with Crippen molar-refractivity contribution in [3.63, 3.8) is 0 Å². The molecule has 2 N–H and O–H groups in total. The number of aliphatic hydroxyl groups is 1. The second-order valence-corrected chi connectivity index (χ2v) is 4.47. The number of hydrogen-bond acceptors (Lipinski definition) is 3. The standard InChI is InChI=1S/C15H13FN2O3/c1-10-8-18(15(21)17-14(10)20)9-11-4-5-13(16)12(7-11)3-2-6-19/h4-5,7-8,19H,6,9H2,1H3,(H,17,20,21). The molecular formula is C15H13FN2O3. The molecule has 2 aromatic rings. The first-order valence-corrected chi connectivity index (χ1v) is 6.20. The third-order valence-electron chi connectivity index (χ3n) is 2.87. The number of aliphatic hydroxyl groups excluding tert-OH is 1. The summed E-state index contributed by atoms with van der Waals surface area (Å²) in [5.41, 5.74) is 0.266. The Kier molecular flexibility index (Phi) is 4.36. The van der Waals surface area contributed by atoms with Crippen molar-refractivity contribution in [2.24, 2.45) is 0 Å². The third kappa shape index (κ3) is 3.46. The van der Waals surface area contributed by atoms with Gasteiger partial charge in [-0.15, -0.1) is 0 Å². The molecule has 5 nitrogen and oxygen atoms in total. The van der Waals surface area contributed by atoms with Gasteiger partial charge in [0.1, 0.15) is 12.4 Å². The lowest BCUT2D eigenvalue weighted by molar-refractivity contribution is 0.350. The number of nitrogens with one attached hydrogen (secondary N) is 1. The molecule has 1 aromatic carbocycles. The van der Waals surface area contributed by atoms with Crippen molar-refractivity contribution in [3.05, 3.63) is 67.7 Å². The zero-order valence-corrected chi connectivity index (χ0v) is 11.3. The quantitative estimate of drug-likeness (QED) is 0.784. The van der Waals surface area contributed by atoms with E-state index >= 15 is 0 Å². The fourth-order valence-corrected chi connectivity index (χ4v) is 1.83. The molecule has 0 fully saturated rings. The van der Waals surface area contributed by atoms with E-state index in [-0.39, 0.29) is 18.7 Å². The highest BCUT2D eigenvalue weighted by Gasteiger charge is 2.05. The van der Waals surface area contributed by atoms with Crippen LogP contribution < -0.4 is 11.2 Å². The average molecular weight is 288 g/mol. The fourth-order valence-electron chi connectivity index (χ4n) is 1.83. The van der Waals surface area contributed by atoms with Crippen molar-refractivity contribution in [2.45, 2.75) is 13.5 Å². The van der Waals surface area contributed by atoms with E-state index in [1.807, 2.05) is 0 Å². The molecule has 108 valence electrons. The van der Waals surface area contributed by atoms with E-state index in [0.717, 1.165) is 0 Å². The van der Waals surface area contributed by atoms with Crippen LogP contribution in [0, 0.1) is 24.6 Å². The van der Waals surface area contributed by atoms with E-state index in [1.165, 1.54) is 29.0 Å². The van der Waals surface area contributed by atoms with Crippen LogP contribution in [0.1, 0.15) is 16.7 Å². The molecule has 0 amide bonds. The van der Waals surface area contributed by atoms with Crippen LogP contribution in [0.5, 0.6) is 0 Å². The molecule has 0 saturated carbocycles. The van der Waals surface area contributed by atoms with Gasteiger partial charge in [-0.25, -0.2) is 9.18 Å². The topological polar surface area (TPSA) is 75.1 Å². The molecule has 0 saturated heterocycles. The molecular weight excluding hydrogens is 275 g/mol. The lowest BCUT2D eigenvalue weighted by atomic mass is 10.1. The number of aromatic nitrogens is 2. The van der Waals surface area contributed by atoms with E-state index in [9.17, 15) is 14.0 Å². The smallest absolute Gasteiger partial charge is 0.328 e. The van der Waals surface area contributed by atoms with Gasteiger partial charge in [-0.05, 0) is 24.6 Å². The molecule has 0 bridgehead atoms. The van der Waals surface area contributed by atoms with Gasteiger partial charge in [-0.1, -0.05) is 17.9 Å². The first-order valence-electron chi connectivity index (χ1n) is 6.20. The van der Waals surface area contributed by atoms with Gasteiger partial charge >= 0.3 is 5.69 Å². The molecule has 2 rings (SSSR count). The maximum Gasteiger partial charge on any atom is 0.328 e. The fraction of sp³-hybridized carbons (Fsp3) is 0.200. The minimum Gasteiger partial charge on any atom is -0.384 e. The molecule has 6 heteroatoms. The van der Waals surface area contributed by atoms with Crippen LogP contribution in [0.4, 0.5) is 4.39 Å². The summed E-state index contributed by atoms with van der Waals surface area (Å²) in [7, 11) is 0. The summed E-state index contributed by atoms with van der Waals surface area (Å²) in [5.74, 6) is 4.38. The molecule has 1 heterocycles. The van der Waals surface area contributed by atoms with Gasteiger partial charge in [-0.2, -0.15) is 0 Å². The number of halogens is 1. The maximum absolute atomic E-state index is 13.5. The number of aromatic amines is 1. The molecule has 1 aromatic heterocycles. The summed E-state index contributed by atoms with van der Waals surface area (Å²) in [6.45, 7) is 1.42. The highest BCUT2D eigenvalue weighted by Crippen LogP contribution is 2.10. The number of nitrogens with zero attached hydrogens (tertiary/aromatic N) is 1. The van der Waals surface area contributed by atoms with Gasteiger partial charge in [0.2, 0.25) is 0 Å². The van der Waals surface area contributed by atoms with Crippen molar-refractivity contribution in [2.75, 3.05) is 6.61 Å². The van der Waals surface area contributed by atoms with Gasteiger partial charge in [0.25, 0.3) is 5.56 Å². The highest BCUT2D eigenvalue weighted by atomic mass is 19.1. The lowest BCUT2D eigenvalue weighted by Gasteiger charge is -2.07. The second-order valence-electron chi connectivity index (χ2n) is 4.47. The zero-order valence-electron chi connectivity index (χ0n) is 11.3. The van der Waals surface area contributed by atoms with Crippen molar-refractivity contribution < 1.29 is 9.50 Å². The van der Waals surface area contributed by atoms with Gasteiger partial charge in [0.05, 0.1) is 12.1 Å². The Morgan fingerprint density at radius 3 is 2.86 bits per heavy atom. The van der Waals surface area contributed by atoms with Gasteiger partial charge in [0.15, 0.2) is 0 Å². The molecule has 0 aliphatic heterocycles. The van der Waals surface area contributed by atoms with Crippen LogP contribution in [0.3, 0.4) is 0 Å². The predicted molar refractivity (Wildman–Crippen MR) is 75.5 cm³/mol. The predicted octanol–water partition coefficient (Wildman–Crippen LogP) is 0.376. The van der Waals surface area contributed by atoms with Crippen LogP contribution in [0.2, 0.25) is 0 Å². The van der Waals surface area contributed by atoms with Crippen LogP contribution in [0.15, 0.2) is 34.0 Å². The highest BCUT2D eigenvalue weighted by molar-refractivity contribution is 5.38. The summed E-state index contributed by atoms with van der Waals surface area (Å²) < 4.78 is 14.9. The van der Waals surface area contributed by atoms with Crippen LogP contribution in [0.25, 0.3) is 0 Å². The average Bonchev–Trinajstić information content (AvgIpc) is 2.45. The lowest BCUT2D eigenvalue weighted by Crippen LogP contribution is -2.31. The summed E-state index contributed by atoms with van der Waals surface area (Å²) >= 11 is 0. The zero-order chi connectivity index (χ0) is 15.4. The largest absolute Gasteiger partial charge is 0.384 e. The van der Waals surface area contributed by atoms with E-state index in [4.69, 9.17) is 5.11 Å². The molecule has 0 spiro atoms. The van der Waals surface area contributed by atoms with Crippen LogP contribution in [-0.4, -0.2) is 21.3 Å². The maximum atomic E-state index is 13.5. The van der Waals surface area contributed by atoms with Crippen molar-refractivity contribution in [1.82, 2.24) is 9.55 Å². The van der Waals surface area contributed by atoms with Crippen molar-refractivity contribution in [1.29, 1.82) is 0 Å². The van der Waals surface area contributed by atoms with E-state index in [1.54, 1.807) is 6.92 Å². The number of rotatable bonds is 2. The Hall–Kier alpha value is -2.65. The van der Waals surface area contributed by atoms with Crippen LogP contribution >= 0.6 is 0 Å². The first-order chi connectivity index (χ1) is 10.0. The number of H-pyrrole nitrogens is 1. The summed E-state index contributed by atoms with van der Waals surface area (Å²) in [4.78, 5) is 25.2. The molecule has 0 atom stereocenters. The van der Waals surface area contributed by atoms with Crippen molar-refractivity contribution >= 4 is 0 Å². The van der Waals surface area contributed by atoms with Gasteiger partial charge in [-0.3, -0.25) is 14.3 Å². The molecule has 0 radical (unpaired) electrons. The van der Waals surface area contributed by atoms with Crippen LogP contribution in [-0.2, 0) is 6.54 Å². The Morgan fingerprint density at radius 2 is 2.14 bits per heavy atom. The van der Waals surface area contributed by atoms with E-state index in [0.29, 0.717) is 11.1 Å². The number of hydrogen-bond donors (Lipinski definition) is 2. The Morgan fingerprint density at radius 1 is 1.38 bits per heavy atom. The Labute approximate surface area is 119 Å². The third-order valence-corrected chi connectivity index (χ3v) is 2.87.